The van der Waals surface area contributed by atoms with Crippen LogP contribution in [-0.2, 0) is 0 Å². The lowest BCUT2D eigenvalue weighted by atomic mass is 10.0. The van der Waals surface area contributed by atoms with Crippen LogP contribution in [-0.4, -0.2) is 23.1 Å². The van der Waals surface area contributed by atoms with Gasteiger partial charge in [-0.25, -0.2) is 0 Å². The summed E-state index contributed by atoms with van der Waals surface area (Å²) in [6.07, 6.45) is 7.01. The van der Waals surface area contributed by atoms with Crippen molar-refractivity contribution in [2.75, 3.05) is 13.6 Å². The molecule has 0 saturated carbocycles. The normalized spacial score (nSPS) is 12.7. The summed E-state index contributed by atoms with van der Waals surface area (Å²) in [6, 6.07) is 15.3. The van der Waals surface area contributed by atoms with Gasteiger partial charge in [-0.1, -0.05) is 30.3 Å². The molecule has 1 N–H and O–H groups in total. The van der Waals surface area contributed by atoms with Gasteiger partial charge < -0.3 is 9.88 Å². The minimum Gasteiger partial charge on any atom is -0.340 e. The Balaban J connectivity index is 2.05. The minimum absolute atomic E-state index is 0.351. The molecule has 1 atom stereocenters. The Kier molecular flexibility index (Phi) is 3.79. The summed E-state index contributed by atoms with van der Waals surface area (Å²) < 4.78 is 2.35. The van der Waals surface area contributed by atoms with Gasteiger partial charge in [0.1, 0.15) is 0 Å². The molecule has 2 aromatic heterocycles. The SMILES string of the molecule is CNCCC(c1ccccc1)n1ccc2cnccc21. The number of aromatic nitrogens is 2. The van der Waals surface area contributed by atoms with E-state index in [1.807, 2.05) is 19.4 Å². The minimum atomic E-state index is 0.351. The molecule has 0 bridgehead atoms. The van der Waals surface area contributed by atoms with E-state index in [4.69, 9.17) is 0 Å². The van der Waals surface area contributed by atoms with E-state index in [1.54, 1.807) is 0 Å². The highest BCUT2D eigenvalue weighted by Crippen LogP contribution is 2.26. The molecule has 3 aromatic rings. The fraction of sp³-hybridized carbons (Fsp3) is 0.235. The second kappa shape index (κ2) is 5.88. The van der Waals surface area contributed by atoms with Crippen molar-refractivity contribution >= 4 is 10.9 Å². The first kappa shape index (κ1) is 12.9. The quantitative estimate of drug-likeness (QED) is 0.767. The van der Waals surface area contributed by atoms with Crippen molar-refractivity contribution in [3.63, 3.8) is 0 Å². The van der Waals surface area contributed by atoms with Gasteiger partial charge in [-0.15, -0.1) is 0 Å². The van der Waals surface area contributed by atoms with Gasteiger partial charge in [0.2, 0.25) is 0 Å². The average molecular weight is 265 g/mol. The molecular weight excluding hydrogens is 246 g/mol. The second-order valence-corrected chi connectivity index (χ2v) is 4.98. The van der Waals surface area contributed by atoms with Crippen LogP contribution in [0, 0.1) is 0 Å². The van der Waals surface area contributed by atoms with Crippen LogP contribution in [0.4, 0.5) is 0 Å². The van der Waals surface area contributed by atoms with Gasteiger partial charge in [0.15, 0.2) is 0 Å². The van der Waals surface area contributed by atoms with Gasteiger partial charge in [0.25, 0.3) is 0 Å². The molecule has 0 fully saturated rings. The number of fused-ring (bicyclic) bond motifs is 1. The van der Waals surface area contributed by atoms with E-state index >= 15 is 0 Å². The van der Waals surface area contributed by atoms with E-state index < -0.39 is 0 Å². The zero-order valence-electron chi connectivity index (χ0n) is 11.7. The first-order valence-electron chi connectivity index (χ1n) is 7.00. The van der Waals surface area contributed by atoms with Crippen molar-refractivity contribution in [1.82, 2.24) is 14.9 Å². The van der Waals surface area contributed by atoms with E-state index in [1.165, 1.54) is 16.5 Å². The highest BCUT2D eigenvalue weighted by atomic mass is 15.0. The molecule has 0 spiro atoms. The second-order valence-electron chi connectivity index (χ2n) is 4.98. The smallest absolute Gasteiger partial charge is 0.0598 e. The number of benzene rings is 1. The third-order valence-corrected chi connectivity index (χ3v) is 3.71. The molecule has 0 amide bonds. The van der Waals surface area contributed by atoms with Crippen LogP contribution in [0.1, 0.15) is 18.0 Å². The van der Waals surface area contributed by atoms with Gasteiger partial charge in [-0.2, -0.15) is 0 Å². The van der Waals surface area contributed by atoms with Crippen LogP contribution in [0.5, 0.6) is 0 Å². The molecule has 20 heavy (non-hydrogen) atoms. The summed E-state index contributed by atoms with van der Waals surface area (Å²) in [4.78, 5) is 4.19. The Labute approximate surface area is 119 Å². The summed E-state index contributed by atoms with van der Waals surface area (Å²) >= 11 is 0. The molecule has 1 aromatic carbocycles. The molecule has 2 heterocycles. The standard InChI is InChI=1S/C17H19N3/c1-18-10-7-16(14-5-3-2-4-6-14)20-12-9-15-13-19-11-8-17(15)20/h2-6,8-9,11-13,16,18H,7,10H2,1H3. The van der Waals surface area contributed by atoms with Crippen molar-refractivity contribution in [2.45, 2.75) is 12.5 Å². The molecule has 102 valence electrons. The summed E-state index contributed by atoms with van der Waals surface area (Å²) in [5.74, 6) is 0. The predicted octanol–water partition coefficient (Wildman–Crippen LogP) is 3.24. The molecule has 0 aliphatic rings. The zero-order valence-corrected chi connectivity index (χ0v) is 11.7. The van der Waals surface area contributed by atoms with E-state index in [-0.39, 0.29) is 0 Å². The van der Waals surface area contributed by atoms with Crippen molar-refractivity contribution < 1.29 is 0 Å². The maximum absolute atomic E-state index is 4.19. The Morgan fingerprint density at radius 1 is 1.15 bits per heavy atom. The van der Waals surface area contributed by atoms with Gasteiger partial charge >= 0.3 is 0 Å². The van der Waals surface area contributed by atoms with Crippen LogP contribution in [0.3, 0.4) is 0 Å². The summed E-state index contributed by atoms with van der Waals surface area (Å²) in [5, 5.41) is 4.44. The predicted molar refractivity (Wildman–Crippen MR) is 82.9 cm³/mol. The molecular formula is C17H19N3. The van der Waals surface area contributed by atoms with E-state index in [0.29, 0.717) is 6.04 Å². The molecule has 3 rings (SSSR count). The molecule has 3 heteroatoms. The van der Waals surface area contributed by atoms with Gasteiger partial charge in [0.05, 0.1) is 11.6 Å². The Bertz CT molecular complexity index is 673. The Morgan fingerprint density at radius 2 is 2.00 bits per heavy atom. The topological polar surface area (TPSA) is 29.9 Å². The van der Waals surface area contributed by atoms with E-state index in [2.05, 4.69) is 63.5 Å². The number of hydrogen-bond donors (Lipinski definition) is 1. The molecule has 1 unspecified atom stereocenters. The summed E-state index contributed by atoms with van der Waals surface area (Å²) in [5.41, 5.74) is 2.59. The van der Waals surface area contributed by atoms with E-state index in [9.17, 15) is 0 Å². The Hall–Kier alpha value is -2.13. The largest absolute Gasteiger partial charge is 0.340 e. The first-order valence-corrected chi connectivity index (χ1v) is 7.00. The average Bonchev–Trinajstić information content (AvgIpc) is 2.93. The zero-order chi connectivity index (χ0) is 13.8. The van der Waals surface area contributed by atoms with Gasteiger partial charge in [0, 0.05) is 24.0 Å². The van der Waals surface area contributed by atoms with Crippen molar-refractivity contribution in [2.24, 2.45) is 0 Å². The van der Waals surface area contributed by atoms with Crippen molar-refractivity contribution in [3.8, 4) is 0 Å². The molecule has 0 aliphatic carbocycles. The number of pyridine rings is 1. The van der Waals surface area contributed by atoms with E-state index in [0.717, 1.165) is 13.0 Å². The van der Waals surface area contributed by atoms with Crippen LogP contribution in [0.2, 0.25) is 0 Å². The molecule has 3 nitrogen and oxygen atoms in total. The number of rotatable bonds is 5. The molecule has 0 aliphatic heterocycles. The van der Waals surface area contributed by atoms with Crippen molar-refractivity contribution in [3.05, 3.63) is 66.6 Å². The fourth-order valence-electron chi connectivity index (χ4n) is 2.70. The third kappa shape index (κ3) is 2.45. The lowest BCUT2D eigenvalue weighted by Crippen LogP contribution is -2.17. The number of nitrogens with zero attached hydrogens (tertiary/aromatic N) is 2. The summed E-state index contributed by atoms with van der Waals surface area (Å²) in [6.45, 7) is 0.990. The lowest BCUT2D eigenvalue weighted by molar-refractivity contribution is 0.539. The number of hydrogen-bond acceptors (Lipinski definition) is 2. The lowest BCUT2D eigenvalue weighted by Gasteiger charge is -2.20. The van der Waals surface area contributed by atoms with Crippen LogP contribution < -0.4 is 5.32 Å². The Morgan fingerprint density at radius 3 is 2.80 bits per heavy atom. The van der Waals surface area contributed by atoms with Crippen LogP contribution in [0.25, 0.3) is 10.9 Å². The highest BCUT2D eigenvalue weighted by molar-refractivity contribution is 5.79. The first-order chi connectivity index (χ1) is 9.90. The maximum Gasteiger partial charge on any atom is 0.0598 e. The van der Waals surface area contributed by atoms with Crippen molar-refractivity contribution in [1.29, 1.82) is 0 Å². The van der Waals surface area contributed by atoms with Gasteiger partial charge in [-0.05, 0) is 37.7 Å². The monoisotopic (exact) mass is 265 g/mol. The van der Waals surface area contributed by atoms with Gasteiger partial charge in [-0.3, -0.25) is 4.98 Å². The fourth-order valence-corrected chi connectivity index (χ4v) is 2.70. The third-order valence-electron chi connectivity index (χ3n) is 3.71. The molecule has 0 radical (unpaired) electrons. The summed E-state index contributed by atoms with van der Waals surface area (Å²) in [7, 11) is 2.00. The maximum atomic E-state index is 4.19. The highest BCUT2D eigenvalue weighted by Gasteiger charge is 2.14. The molecule has 0 saturated heterocycles. The van der Waals surface area contributed by atoms with Crippen LogP contribution in [0.15, 0.2) is 61.1 Å². The van der Waals surface area contributed by atoms with Crippen LogP contribution >= 0.6 is 0 Å². The number of nitrogens with one attached hydrogen (secondary N) is 1.